The molecule has 44 heavy (non-hydrogen) atoms. The van der Waals surface area contributed by atoms with Crippen molar-refractivity contribution in [3.63, 3.8) is 0 Å². The standard InChI is InChI=1S/C34H35ClFN3O4S/c1-34(2,3)37-33(41)31(21-25-11-6-4-7-12-25)38(23-26-17-19-28(36)20-18-26)32(40)24-39(29-14-10-13-27(35)22-29)44(42,43)30-15-8-5-9-16-30/h4-20,22,31H,21,23-24H2,1-3H3,(H,37,41)/t31-/m0/s1. The molecule has 0 aliphatic rings. The van der Waals surface area contributed by atoms with Crippen LogP contribution in [0, 0.1) is 5.82 Å². The van der Waals surface area contributed by atoms with Crippen molar-refractivity contribution >= 4 is 39.1 Å². The van der Waals surface area contributed by atoms with Crippen LogP contribution in [0.2, 0.25) is 5.02 Å². The lowest BCUT2D eigenvalue weighted by Gasteiger charge is -2.35. The van der Waals surface area contributed by atoms with Crippen molar-refractivity contribution in [3.8, 4) is 0 Å². The van der Waals surface area contributed by atoms with E-state index >= 15 is 0 Å². The topological polar surface area (TPSA) is 86.8 Å². The van der Waals surface area contributed by atoms with Crippen LogP contribution in [0.1, 0.15) is 31.9 Å². The molecule has 0 saturated carbocycles. The molecule has 0 heterocycles. The van der Waals surface area contributed by atoms with Gasteiger partial charge in [0, 0.05) is 23.5 Å². The maximum absolute atomic E-state index is 14.4. The Morgan fingerprint density at radius 1 is 0.841 bits per heavy atom. The van der Waals surface area contributed by atoms with Crippen molar-refractivity contribution < 1.29 is 22.4 Å². The third-order valence-corrected chi connectivity index (χ3v) is 8.76. The summed E-state index contributed by atoms with van der Waals surface area (Å²) in [7, 11) is -4.23. The van der Waals surface area contributed by atoms with E-state index in [4.69, 9.17) is 11.6 Å². The third kappa shape index (κ3) is 8.67. The number of nitrogens with one attached hydrogen (secondary N) is 1. The first-order valence-corrected chi connectivity index (χ1v) is 15.9. The van der Waals surface area contributed by atoms with E-state index in [1.807, 2.05) is 51.1 Å². The Balaban J connectivity index is 1.81. The SMILES string of the molecule is CC(C)(C)NC(=O)[C@H](Cc1ccccc1)N(Cc1ccc(F)cc1)C(=O)CN(c1cccc(Cl)c1)S(=O)(=O)c1ccccc1. The summed E-state index contributed by atoms with van der Waals surface area (Å²) >= 11 is 6.25. The number of hydrogen-bond donors (Lipinski definition) is 1. The summed E-state index contributed by atoms with van der Waals surface area (Å²) < 4.78 is 42.7. The Morgan fingerprint density at radius 3 is 2.05 bits per heavy atom. The number of carbonyl (C=O) groups is 2. The number of sulfonamides is 1. The van der Waals surface area contributed by atoms with Crippen molar-refractivity contribution in [2.24, 2.45) is 0 Å². The van der Waals surface area contributed by atoms with Gasteiger partial charge in [0.2, 0.25) is 11.8 Å². The quantitative estimate of drug-likeness (QED) is 0.212. The summed E-state index contributed by atoms with van der Waals surface area (Å²) in [5, 5.41) is 3.27. The van der Waals surface area contributed by atoms with Crippen molar-refractivity contribution in [1.82, 2.24) is 10.2 Å². The number of hydrogen-bond acceptors (Lipinski definition) is 4. The lowest BCUT2D eigenvalue weighted by Crippen LogP contribution is -2.56. The molecule has 4 aromatic carbocycles. The maximum atomic E-state index is 14.4. The molecule has 10 heteroatoms. The summed E-state index contributed by atoms with van der Waals surface area (Å²) in [4.78, 5) is 29.6. The molecule has 0 bridgehead atoms. The first kappa shape index (κ1) is 32.7. The first-order chi connectivity index (χ1) is 20.8. The molecular formula is C34H35ClFN3O4S. The molecule has 0 aliphatic heterocycles. The van der Waals surface area contributed by atoms with Crippen LogP contribution in [0.5, 0.6) is 0 Å². The average Bonchev–Trinajstić information content (AvgIpc) is 2.98. The molecule has 0 aliphatic carbocycles. The van der Waals surface area contributed by atoms with E-state index in [-0.39, 0.29) is 28.6 Å². The summed E-state index contributed by atoms with van der Waals surface area (Å²) in [5.74, 6) is -1.48. The minimum absolute atomic E-state index is 0.0100. The van der Waals surface area contributed by atoms with Crippen LogP contribution in [-0.2, 0) is 32.6 Å². The molecule has 0 aromatic heterocycles. The first-order valence-electron chi connectivity index (χ1n) is 14.1. The van der Waals surface area contributed by atoms with Crippen LogP contribution in [0.3, 0.4) is 0 Å². The second kappa shape index (κ2) is 14.1. The second-order valence-corrected chi connectivity index (χ2v) is 13.7. The summed E-state index contributed by atoms with van der Waals surface area (Å²) in [6.45, 7) is 4.83. The van der Waals surface area contributed by atoms with E-state index in [1.165, 1.54) is 47.4 Å². The van der Waals surface area contributed by atoms with Crippen LogP contribution in [0.4, 0.5) is 10.1 Å². The predicted octanol–water partition coefficient (Wildman–Crippen LogP) is 6.23. The zero-order chi connectivity index (χ0) is 31.9. The van der Waals surface area contributed by atoms with Gasteiger partial charge in [-0.1, -0.05) is 78.3 Å². The molecule has 0 unspecified atom stereocenters. The molecule has 4 aromatic rings. The molecule has 7 nitrogen and oxygen atoms in total. The fourth-order valence-corrected chi connectivity index (χ4v) is 6.28. The highest BCUT2D eigenvalue weighted by Crippen LogP contribution is 2.27. The van der Waals surface area contributed by atoms with Gasteiger partial charge in [0.25, 0.3) is 10.0 Å². The number of amides is 2. The highest BCUT2D eigenvalue weighted by Gasteiger charge is 2.35. The van der Waals surface area contributed by atoms with Crippen LogP contribution in [-0.4, -0.2) is 43.3 Å². The Hall–Kier alpha value is -4.21. The van der Waals surface area contributed by atoms with Gasteiger partial charge >= 0.3 is 0 Å². The summed E-state index contributed by atoms with van der Waals surface area (Å²) in [6, 6.07) is 27.9. The van der Waals surface area contributed by atoms with E-state index < -0.39 is 45.8 Å². The van der Waals surface area contributed by atoms with E-state index in [2.05, 4.69) is 5.32 Å². The predicted molar refractivity (Wildman–Crippen MR) is 171 cm³/mol. The van der Waals surface area contributed by atoms with Crippen LogP contribution in [0.15, 0.2) is 114 Å². The highest BCUT2D eigenvalue weighted by molar-refractivity contribution is 7.92. The van der Waals surface area contributed by atoms with Crippen LogP contribution < -0.4 is 9.62 Å². The maximum Gasteiger partial charge on any atom is 0.264 e. The number of carbonyl (C=O) groups excluding carboxylic acids is 2. The van der Waals surface area contributed by atoms with Gasteiger partial charge in [-0.05, 0) is 74.4 Å². The van der Waals surface area contributed by atoms with Gasteiger partial charge in [-0.2, -0.15) is 0 Å². The Morgan fingerprint density at radius 2 is 1.45 bits per heavy atom. The van der Waals surface area contributed by atoms with E-state index in [0.29, 0.717) is 5.56 Å². The fourth-order valence-electron chi connectivity index (χ4n) is 4.67. The second-order valence-electron chi connectivity index (χ2n) is 11.4. The van der Waals surface area contributed by atoms with Crippen LogP contribution in [0.25, 0.3) is 0 Å². The largest absolute Gasteiger partial charge is 0.350 e. The Bertz CT molecular complexity index is 1680. The third-order valence-electron chi connectivity index (χ3n) is 6.74. The molecular weight excluding hydrogens is 601 g/mol. The van der Waals surface area contributed by atoms with Gasteiger partial charge in [0.1, 0.15) is 18.4 Å². The normalized spacial score (nSPS) is 12.3. The smallest absolute Gasteiger partial charge is 0.264 e. The van der Waals surface area contributed by atoms with Gasteiger partial charge in [-0.3, -0.25) is 13.9 Å². The monoisotopic (exact) mass is 635 g/mol. The molecule has 1 atom stereocenters. The molecule has 230 valence electrons. The summed E-state index contributed by atoms with van der Waals surface area (Å²) in [5.41, 5.74) is 0.957. The van der Waals surface area contributed by atoms with Gasteiger partial charge in [0.05, 0.1) is 10.6 Å². The minimum atomic E-state index is -4.23. The van der Waals surface area contributed by atoms with E-state index in [9.17, 15) is 22.4 Å². The van der Waals surface area contributed by atoms with Crippen molar-refractivity contribution in [3.05, 3.63) is 131 Å². The molecule has 0 saturated heterocycles. The zero-order valence-corrected chi connectivity index (χ0v) is 26.4. The number of halogens is 2. The zero-order valence-electron chi connectivity index (χ0n) is 24.8. The molecule has 0 radical (unpaired) electrons. The van der Waals surface area contributed by atoms with Crippen LogP contribution >= 0.6 is 11.6 Å². The lowest BCUT2D eigenvalue weighted by atomic mass is 10.0. The molecule has 0 spiro atoms. The lowest BCUT2D eigenvalue weighted by molar-refractivity contribution is -0.140. The molecule has 2 amide bonds. The van der Waals surface area contributed by atoms with E-state index in [0.717, 1.165) is 9.87 Å². The van der Waals surface area contributed by atoms with Crippen molar-refractivity contribution in [2.45, 2.75) is 50.2 Å². The van der Waals surface area contributed by atoms with Gasteiger partial charge in [0.15, 0.2) is 0 Å². The average molecular weight is 636 g/mol. The van der Waals surface area contributed by atoms with E-state index in [1.54, 1.807) is 36.4 Å². The summed E-state index contributed by atoms with van der Waals surface area (Å²) in [6.07, 6.45) is 0.165. The number of anilines is 1. The van der Waals surface area contributed by atoms with Crippen molar-refractivity contribution in [2.75, 3.05) is 10.8 Å². The van der Waals surface area contributed by atoms with Crippen molar-refractivity contribution in [1.29, 1.82) is 0 Å². The molecule has 4 rings (SSSR count). The fraction of sp³-hybridized carbons (Fsp3) is 0.235. The highest BCUT2D eigenvalue weighted by atomic mass is 35.5. The number of nitrogens with zero attached hydrogens (tertiary/aromatic N) is 2. The minimum Gasteiger partial charge on any atom is -0.350 e. The van der Waals surface area contributed by atoms with Gasteiger partial charge < -0.3 is 10.2 Å². The van der Waals surface area contributed by atoms with Gasteiger partial charge in [-0.15, -0.1) is 0 Å². The number of benzene rings is 4. The Labute approximate surface area is 263 Å². The molecule has 0 fully saturated rings. The van der Waals surface area contributed by atoms with Gasteiger partial charge in [-0.25, -0.2) is 12.8 Å². The Kier molecular flexibility index (Phi) is 10.4. The molecule has 1 N–H and O–H groups in total. The number of rotatable bonds is 11.